The normalized spacial score (nSPS) is 21.3. The lowest BCUT2D eigenvalue weighted by Crippen LogP contribution is -2.48. The van der Waals surface area contributed by atoms with E-state index < -0.39 is 0 Å². The zero-order valence-electron chi connectivity index (χ0n) is 13.4. The number of amides is 1. The van der Waals surface area contributed by atoms with Gasteiger partial charge in [-0.3, -0.25) is 9.69 Å². The molecule has 0 radical (unpaired) electrons. The molecule has 0 aliphatic carbocycles. The maximum absolute atomic E-state index is 12.3. The van der Waals surface area contributed by atoms with Crippen LogP contribution in [0.25, 0.3) is 0 Å². The quantitative estimate of drug-likeness (QED) is 0.899. The van der Waals surface area contributed by atoms with Crippen LogP contribution in [0.2, 0.25) is 0 Å². The fourth-order valence-corrected chi connectivity index (χ4v) is 4.05. The summed E-state index contributed by atoms with van der Waals surface area (Å²) < 4.78 is 0. The predicted octanol–water partition coefficient (Wildman–Crippen LogP) is 2.85. The smallest absolute Gasteiger partial charge is 0.239 e. The molecule has 1 aromatic heterocycles. The molecule has 1 aliphatic heterocycles. The monoisotopic (exact) mass is 310 g/mol. The van der Waals surface area contributed by atoms with Crippen LogP contribution in [0.1, 0.15) is 42.2 Å². The van der Waals surface area contributed by atoms with Crippen LogP contribution in [-0.4, -0.2) is 41.1 Å². The summed E-state index contributed by atoms with van der Waals surface area (Å²) in [7, 11) is 0. The summed E-state index contributed by atoms with van der Waals surface area (Å²) in [5.41, 5.74) is 2.42. The van der Waals surface area contributed by atoms with Crippen molar-refractivity contribution in [1.82, 2.24) is 4.90 Å². The van der Waals surface area contributed by atoms with Crippen LogP contribution < -0.4 is 5.32 Å². The van der Waals surface area contributed by atoms with Crippen LogP contribution in [0.4, 0.5) is 5.00 Å². The first-order valence-electron chi connectivity index (χ1n) is 7.68. The largest absolute Gasteiger partial charge is 0.392 e. The molecular weight excluding hydrogens is 284 g/mol. The first-order chi connectivity index (χ1) is 9.90. The van der Waals surface area contributed by atoms with Crippen molar-refractivity contribution in [3.05, 3.63) is 16.0 Å². The Bertz CT molecular complexity index is 511. The molecule has 1 saturated heterocycles. The summed E-state index contributed by atoms with van der Waals surface area (Å²) in [6.07, 6.45) is 2.83. The molecule has 0 saturated carbocycles. The molecule has 118 valence electrons. The molecule has 21 heavy (non-hydrogen) atoms. The maximum atomic E-state index is 12.3. The van der Waals surface area contributed by atoms with Gasteiger partial charge in [-0.05, 0) is 58.2 Å². The van der Waals surface area contributed by atoms with Crippen molar-refractivity contribution < 1.29 is 9.90 Å². The van der Waals surface area contributed by atoms with E-state index >= 15 is 0 Å². The topological polar surface area (TPSA) is 52.6 Å². The average Bonchev–Trinajstić information content (AvgIpc) is 2.66. The van der Waals surface area contributed by atoms with E-state index in [1.165, 1.54) is 10.4 Å². The second kappa shape index (κ2) is 6.90. The molecule has 0 aromatic carbocycles. The number of thiophene rings is 1. The highest BCUT2D eigenvalue weighted by atomic mass is 32.1. The van der Waals surface area contributed by atoms with Crippen molar-refractivity contribution in [3.8, 4) is 0 Å². The lowest BCUT2D eigenvalue weighted by Gasteiger charge is -2.36. The Morgan fingerprint density at radius 3 is 2.67 bits per heavy atom. The van der Waals surface area contributed by atoms with E-state index in [-0.39, 0.29) is 18.1 Å². The minimum absolute atomic E-state index is 0.0203. The summed E-state index contributed by atoms with van der Waals surface area (Å²) in [5, 5.41) is 13.9. The van der Waals surface area contributed by atoms with E-state index in [0.717, 1.165) is 36.4 Å². The third-order valence-electron chi connectivity index (χ3n) is 4.51. The molecule has 2 N–H and O–H groups in total. The summed E-state index contributed by atoms with van der Waals surface area (Å²) in [5.74, 6) is 0.0203. The van der Waals surface area contributed by atoms with E-state index in [0.29, 0.717) is 6.54 Å². The fraction of sp³-hybridized carbons (Fsp3) is 0.688. The van der Waals surface area contributed by atoms with Gasteiger partial charge in [0.25, 0.3) is 0 Å². The summed E-state index contributed by atoms with van der Waals surface area (Å²) in [6.45, 7) is 9.29. The molecule has 1 aromatic rings. The van der Waals surface area contributed by atoms with Crippen molar-refractivity contribution in [1.29, 1.82) is 0 Å². The molecular formula is C16H26N2O2S. The molecule has 2 unspecified atom stereocenters. The van der Waals surface area contributed by atoms with Gasteiger partial charge in [0.15, 0.2) is 0 Å². The highest BCUT2D eigenvalue weighted by Crippen LogP contribution is 2.31. The molecule has 2 rings (SSSR count). The van der Waals surface area contributed by atoms with Gasteiger partial charge in [-0.1, -0.05) is 6.42 Å². The molecule has 5 heteroatoms. The highest BCUT2D eigenvalue weighted by molar-refractivity contribution is 7.16. The second-order valence-corrected chi connectivity index (χ2v) is 7.28. The third-order valence-corrected chi connectivity index (χ3v) is 5.73. The van der Waals surface area contributed by atoms with Gasteiger partial charge in [-0.25, -0.2) is 0 Å². The molecule has 2 atom stereocenters. The zero-order valence-corrected chi connectivity index (χ0v) is 14.2. The first-order valence-corrected chi connectivity index (χ1v) is 8.50. The number of hydrogen-bond acceptors (Lipinski definition) is 4. The van der Waals surface area contributed by atoms with E-state index in [9.17, 15) is 9.90 Å². The van der Waals surface area contributed by atoms with Crippen LogP contribution in [-0.2, 0) is 4.79 Å². The number of aliphatic hydroxyl groups excluding tert-OH is 1. The van der Waals surface area contributed by atoms with Gasteiger partial charge >= 0.3 is 0 Å². The van der Waals surface area contributed by atoms with Crippen molar-refractivity contribution in [2.75, 3.05) is 18.4 Å². The zero-order chi connectivity index (χ0) is 15.6. The Morgan fingerprint density at radius 1 is 1.38 bits per heavy atom. The molecule has 1 fully saturated rings. The van der Waals surface area contributed by atoms with E-state index in [4.69, 9.17) is 0 Å². The molecule has 0 bridgehead atoms. The van der Waals surface area contributed by atoms with Crippen molar-refractivity contribution in [2.45, 2.75) is 59.1 Å². The molecule has 4 nitrogen and oxygen atoms in total. The predicted molar refractivity (Wildman–Crippen MR) is 88.1 cm³/mol. The van der Waals surface area contributed by atoms with Gasteiger partial charge in [0, 0.05) is 10.9 Å². The number of hydrogen-bond donors (Lipinski definition) is 2. The van der Waals surface area contributed by atoms with Gasteiger partial charge in [0.05, 0.1) is 17.6 Å². The van der Waals surface area contributed by atoms with Crippen LogP contribution in [0.15, 0.2) is 0 Å². The SMILES string of the molecule is Cc1sc(NC(=O)CN2CCCCC2C(C)O)c(C)c1C. The van der Waals surface area contributed by atoms with Crippen molar-refractivity contribution in [3.63, 3.8) is 0 Å². The Kier molecular flexibility index (Phi) is 5.41. The third kappa shape index (κ3) is 3.84. The van der Waals surface area contributed by atoms with Gasteiger partial charge in [-0.15, -0.1) is 11.3 Å². The van der Waals surface area contributed by atoms with Crippen LogP contribution in [0, 0.1) is 20.8 Å². The minimum atomic E-state index is -0.383. The number of carbonyl (C=O) groups is 1. The highest BCUT2D eigenvalue weighted by Gasteiger charge is 2.27. The van der Waals surface area contributed by atoms with Gasteiger partial charge in [-0.2, -0.15) is 0 Å². The number of anilines is 1. The number of nitrogens with zero attached hydrogens (tertiary/aromatic N) is 1. The molecule has 0 spiro atoms. The Morgan fingerprint density at radius 2 is 2.10 bits per heavy atom. The fourth-order valence-electron chi connectivity index (χ4n) is 2.97. The standard InChI is InChI=1S/C16H26N2O2S/c1-10-11(2)16(21-13(10)4)17-15(20)9-18-8-6-5-7-14(18)12(3)19/h12,14,19H,5-9H2,1-4H3,(H,17,20). The summed E-state index contributed by atoms with van der Waals surface area (Å²) >= 11 is 1.64. The molecule has 1 aliphatic rings. The lowest BCUT2D eigenvalue weighted by molar-refractivity contribution is -0.118. The lowest BCUT2D eigenvalue weighted by atomic mass is 9.98. The van der Waals surface area contributed by atoms with Crippen LogP contribution in [0.5, 0.6) is 0 Å². The van der Waals surface area contributed by atoms with E-state index in [2.05, 4.69) is 24.1 Å². The first kappa shape index (κ1) is 16.5. The second-order valence-electron chi connectivity index (χ2n) is 6.06. The maximum Gasteiger partial charge on any atom is 0.239 e. The van der Waals surface area contributed by atoms with Crippen LogP contribution >= 0.6 is 11.3 Å². The van der Waals surface area contributed by atoms with Gasteiger partial charge in [0.1, 0.15) is 0 Å². The van der Waals surface area contributed by atoms with Crippen molar-refractivity contribution >= 4 is 22.2 Å². The van der Waals surface area contributed by atoms with Gasteiger partial charge in [0.2, 0.25) is 5.91 Å². The number of aryl methyl sites for hydroxylation is 1. The summed E-state index contributed by atoms with van der Waals surface area (Å²) in [6, 6.07) is 0.109. The average molecular weight is 310 g/mol. The minimum Gasteiger partial charge on any atom is -0.392 e. The number of likely N-dealkylation sites (tertiary alicyclic amines) is 1. The van der Waals surface area contributed by atoms with Crippen molar-refractivity contribution in [2.24, 2.45) is 0 Å². The Hall–Kier alpha value is -0.910. The molecule has 1 amide bonds. The van der Waals surface area contributed by atoms with Crippen LogP contribution in [0.3, 0.4) is 0 Å². The number of carbonyl (C=O) groups excluding carboxylic acids is 1. The number of rotatable bonds is 4. The number of aliphatic hydroxyl groups is 1. The van der Waals surface area contributed by atoms with Gasteiger partial charge < -0.3 is 10.4 Å². The summed E-state index contributed by atoms with van der Waals surface area (Å²) in [4.78, 5) is 15.7. The Balaban J connectivity index is 1.98. The molecule has 2 heterocycles. The number of nitrogens with one attached hydrogen (secondary N) is 1. The van der Waals surface area contributed by atoms with E-state index in [1.807, 2.05) is 13.8 Å². The van der Waals surface area contributed by atoms with E-state index in [1.54, 1.807) is 11.3 Å². The Labute approximate surface area is 131 Å². The number of piperidine rings is 1.